The van der Waals surface area contributed by atoms with Crippen molar-refractivity contribution in [2.45, 2.75) is 40.0 Å². The number of hydrogen-bond acceptors (Lipinski definition) is 5. The van der Waals surface area contributed by atoms with Crippen LogP contribution in [0.2, 0.25) is 0 Å². The second kappa shape index (κ2) is 7.58. The third-order valence-corrected chi connectivity index (χ3v) is 4.88. The highest BCUT2D eigenvalue weighted by Crippen LogP contribution is 2.24. The van der Waals surface area contributed by atoms with Gasteiger partial charge < -0.3 is 9.32 Å². The molecule has 1 fully saturated rings. The molecule has 1 saturated heterocycles. The van der Waals surface area contributed by atoms with Gasteiger partial charge in [-0.05, 0) is 49.4 Å². The van der Waals surface area contributed by atoms with Crippen molar-refractivity contribution in [2.75, 3.05) is 13.1 Å². The van der Waals surface area contributed by atoms with Crippen LogP contribution in [0.15, 0.2) is 34.7 Å². The number of nitrogens with zero attached hydrogens (tertiary/aromatic N) is 5. The lowest BCUT2D eigenvalue weighted by Gasteiger charge is -2.16. The van der Waals surface area contributed by atoms with Crippen LogP contribution in [0.1, 0.15) is 48.6 Å². The maximum absolute atomic E-state index is 12.8. The van der Waals surface area contributed by atoms with Crippen LogP contribution in [-0.4, -0.2) is 43.9 Å². The lowest BCUT2D eigenvalue weighted by atomic mass is 10.1. The number of likely N-dealkylation sites (tertiary alicyclic amines) is 1. The van der Waals surface area contributed by atoms with Gasteiger partial charge in [0.2, 0.25) is 5.89 Å². The highest BCUT2D eigenvalue weighted by Gasteiger charge is 2.21. The lowest BCUT2D eigenvalue weighted by Crippen LogP contribution is -2.27. The first-order chi connectivity index (χ1) is 13.5. The standard InChI is InChI=1S/C21H25N5O2/c1-14(2)11-18-13-19(20-23-22-15(3)28-20)24-26(18)17-8-6-7-16(12-17)21(27)25-9-4-5-10-25/h6-8,12-14H,4-5,9-11H2,1-3H3. The number of rotatable bonds is 5. The minimum Gasteiger partial charge on any atom is -0.420 e. The van der Waals surface area contributed by atoms with E-state index in [-0.39, 0.29) is 5.91 Å². The molecule has 7 heteroatoms. The van der Waals surface area contributed by atoms with Crippen molar-refractivity contribution in [1.82, 2.24) is 24.9 Å². The summed E-state index contributed by atoms with van der Waals surface area (Å²) in [6.45, 7) is 7.77. The highest BCUT2D eigenvalue weighted by atomic mass is 16.4. The topological polar surface area (TPSA) is 77.1 Å². The Balaban J connectivity index is 1.72. The van der Waals surface area contributed by atoms with E-state index in [0.717, 1.165) is 43.7 Å². The maximum Gasteiger partial charge on any atom is 0.268 e. The SMILES string of the molecule is Cc1nnc(-c2cc(CC(C)C)n(-c3cccc(C(=O)N4CCCC4)c3)n2)o1. The molecule has 28 heavy (non-hydrogen) atoms. The molecule has 4 rings (SSSR count). The van der Waals surface area contributed by atoms with E-state index in [1.165, 1.54) is 0 Å². The molecule has 0 N–H and O–H groups in total. The highest BCUT2D eigenvalue weighted by molar-refractivity contribution is 5.94. The van der Waals surface area contributed by atoms with Crippen molar-refractivity contribution in [3.8, 4) is 17.3 Å². The molecule has 3 heterocycles. The largest absolute Gasteiger partial charge is 0.420 e. The number of aromatic nitrogens is 4. The van der Waals surface area contributed by atoms with E-state index in [1.54, 1.807) is 6.92 Å². The first-order valence-electron chi connectivity index (χ1n) is 9.80. The van der Waals surface area contributed by atoms with E-state index in [9.17, 15) is 4.79 Å². The van der Waals surface area contributed by atoms with Gasteiger partial charge in [0.1, 0.15) is 5.69 Å². The molecule has 1 aliphatic heterocycles. The summed E-state index contributed by atoms with van der Waals surface area (Å²) in [7, 11) is 0. The van der Waals surface area contributed by atoms with Crippen LogP contribution < -0.4 is 0 Å². The number of amides is 1. The predicted molar refractivity (Wildman–Crippen MR) is 105 cm³/mol. The summed E-state index contributed by atoms with van der Waals surface area (Å²) in [6, 6.07) is 9.66. The molecule has 0 unspecified atom stereocenters. The monoisotopic (exact) mass is 379 g/mol. The number of hydrogen-bond donors (Lipinski definition) is 0. The molecule has 3 aromatic rings. The number of carbonyl (C=O) groups is 1. The fraction of sp³-hybridized carbons (Fsp3) is 0.429. The fourth-order valence-electron chi connectivity index (χ4n) is 3.59. The fourth-order valence-corrected chi connectivity index (χ4v) is 3.59. The number of benzene rings is 1. The maximum atomic E-state index is 12.8. The van der Waals surface area contributed by atoms with Crippen molar-refractivity contribution < 1.29 is 9.21 Å². The summed E-state index contributed by atoms with van der Waals surface area (Å²) in [6.07, 6.45) is 3.01. The van der Waals surface area contributed by atoms with E-state index in [1.807, 2.05) is 39.9 Å². The molecule has 0 aliphatic carbocycles. The van der Waals surface area contributed by atoms with Gasteiger partial charge in [-0.15, -0.1) is 10.2 Å². The van der Waals surface area contributed by atoms with E-state index in [4.69, 9.17) is 9.52 Å². The Morgan fingerprint density at radius 3 is 2.64 bits per heavy atom. The van der Waals surface area contributed by atoms with E-state index in [0.29, 0.717) is 29.0 Å². The Kier molecular flexibility index (Phi) is 4.98. The molecule has 0 bridgehead atoms. The van der Waals surface area contributed by atoms with Gasteiger partial charge in [-0.25, -0.2) is 4.68 Å². The average Bonchev–Trinajstić information content (AvgIpc) is 3.41. The van der Waals surface area contributed by atoms with Crippen LogP contribution in [0.25, 0.3) is 17.3 Å². The molecule has 2 aromatic heterocycles. The minimum absolute atomic E-state index is 0.0877. The zero-order chi connectivity index (χ0) is 19.7. The first kappa shape index (κ1) is 18.4. The normalized spacial score (nSPS) is 14.2. The summed E-state index contributed by atoms with van der Waals surface area (Å²) in [4.78, 5) is 14.7. The van der Waals surface area contributed by atoms with Gasteiger partial charge in [-0.2, -0.15) is 5.10 Å². The zero-order valence-electron chi connectivity index (χ0n) is 16.6. The Bertz CT molecular complexity index is 982. The smallest absolute Gasteiger partial charge is 0.268 e. The summed E-state index contributed by atoms with van der Waals surface area (Å²) in [5.74, 6) is 1.46. The Labute approximate surface area is 164 Å². The van der Waals surface area contributed by atoms with Crippen LogP contribution in [0, 0.1) is 12.8 Å². The summed E-state index contributed by atoms with van der Waals surface area (Å²) >= 11 is 0. The molecule has 1 aromatic carbocycles. The van der Waals surface area contributed by atoms with Crippen molar-refractivity contribution >= 4 is 5.91 Å². The summed E-state index contributed by atoms with van der Waals surface area (Å²) < 4.78 is 7.43. The third-order valence-electron chi connectivity index (χ3n) is 4.88. The van der Waals surface area contributed by atoms with Gasteiger partial charge in [-0.3, -0.25) is 4.79 Å². The molecule has 0 saturated carbocycles. The first-order valence-corrected chi connectivity index (χ1v) is 9.80. The Morgan fingerprint density at radius 1 is 1.18 bits per heavy atom. The lowest BCUT2D eigenvalue weighted by molar-refractivity contribution is 0.0793. The van der Waals surface area contributed by atoms with Crippen molar-refractivity contribution in [3.63, 3.8) is 0 Å². The summed E-state index contributed by atoms with van der Waals surface area (Å²) in [5.41, 5.74) is 3.25. The molecule has 146 valence electrons. The van der Waals surface area contributed by atoms with Crippen LogP contribution in [-0.2, 0) is 6.42 Å². The van der Waals surface area contributed by atoms with Gasteiger partial charge in [0.25, 0.3) is 11.8 Å². The van der Waals surface area contributed by atoms with Gasteiger partial charge in [0.15, 0.2) is 0 Å². The molecular formula is C21H25N5O2. The molecule has 7 nitrogen and oxygen atoms in total. The molecule has 0 atom stereocenters. The van der Waals surface area contributed by atoms with Crippen molar-refractivity contribution in [3.05, 3.63) is 47.5 Å². The molecule has 0 spiro atoms. The van der Waals surface area contributed by atoms with Crippen LogP contribution >= 0.6 is 0 Å². The Morgan fingerprint density at radius 2 is 1.96 bits per heavy atom. The average molecular weight is 379 g/mol. The van der Waals surface area contributed by atoms with Crippen molar-refractivity contribution in [1.29, 1.82) is 0 Å². The van der Waals surface area contributed by atoms with Crippen LogP contribution in [0.5, 0.6) is 0 Å². The van der Waals surface area contributed by atoms with Crippen molar-refractivity contribution in [2.24, 2.45) is 5.92 Å². The van der Waals surface area contributed by atoms with Gasteiger partial charge in [0.05, 0.1) is 5.69 Å². The van der Waals surface area contributed by atoms with Gasteiger partial charge in [-0.1, -0.05) is 19.9 Å². The zero-order valence-corrected chi connectivity index (χ0v) is 16.6. The molecule has 1 aliphatic rings. The minimum atomic E-state index is 0.0877. The molecular weight excluding hydrogens is 354 g/mol. The summed E-state index contributed by atoms with van der Waals surface area (Å²) in [5, 5.41) is 12.7. The van der Waals surface area contributed by atoms with Gasteiger partial charge >= 0.3 is 0 Å². The second-order valence-electron chi connectivity index (χ2n) is 7.71. The van der Waals surface area contributed by atoms with Gasteiger partial charge in [0, 0.05) is 31.3 Å². The number of aryl methyl sites for hydroxylation is 1. The van der Waals surface area contributed by atoms with E-state index >= 15 is 0 Å². The van der Waals surface area contributed by atoms with E-state index in [2.05, 4.69) is 24.0 Å². The molecule has 0 radical (unpaired) electrons. The second-order valence-corrected chi connectivity index (χ2v) is 7.71. The van der Waals surface area contributed by atoms with E-state index < -0.39 is 0 Å². The van der Waals surface area contributed by atoms with Crippen LogP contribution in [0.3, 0.4) is 0 Å². The van der Waals surface area contributed by atoms with Crippen LogP contribution in [0.4, 0.5) is 0 Å². The number of carbonyl (C=O) groups excluding carboxylic acids is 1. The quantitative estimate of drug-likeness (QED) is 0.676. The predicted octanol–water partition coefficient (Wildman–Crippen LogP) is 3.67. The third kappa shape index (κ3) is 3.69. The Hall–Kier alpha value is -2.96. The molecule has 1 amide bonds.